The Hall–Kier alpha value is -0.930. The molecule has 0 amide bonds. The molecule has 1 heterocycles. The molecule has 0 unspecified atom stereocenters. The summed E-state index contributed by atoms with van der Waals surface area (Å²) in [7, 11) is 0. The second-order valence-electron chi connectivity index (χ2n) is 4.08. The maximum Gasteiger partial charge on any atom is 0.127 e. The van der Waals surface area contributed by atoms with Gasteiger partial charge in [-0.1, -0.05) is 18.2 Å². The molecular formula is C12H16FNO. The number of nitrogens with two attached hydrogens (primary N) is 1. The Balaban J connectivity index is 2.36. The van der Waals surface area contributed by atoms with Gasteiger partial charge in [0.05, 0.1) is 0 Å². The summed E-state index contributed by atoms with van der Waals surface area (Å²) in [5, 5.41) is 0. The van der Waals surface area contributed by atoms with Gasteiger partial charge < -0.3 is 10.5 Å². The van der Waals surface area contributed by atoms with Crippen molar-refractivity contribution in [3.8, 4) is 0 Å². The molecule has 2 rings (SSSR count). The minimum Gasteiger partial charge on any atom is -0.381 e. The molecule has 3 heteroatoms. The van der Waals surface area contributed by atoms with E-state index in [2.05, 4.69) is 0 Å². The zero-order chi connectivity index (χ0) is 10.7. The van der Waals surface area contributed by atoms with Crippen LogP contribution >= 0.6 is 0 Å². The van der Waals surface area contributed by atoms with Gasteiger partial charge in [-0.3, -0.25) is 0 Å². The van der Waals surface area contributed by atoms with Crippen LogP contribution in [0.3, 0.4) is 0 Å². The average Bonchev–Trinajstić information content (AvgIpc) is 2.30. The molecule has 0 aromatic heterocycles. The molecule has 0 bridgehead atoms. The van der Waals surface area contributed by atoms with Crippen molar-refractivity contribution in [2.24, 2.45) is 5.73 Å². The van der Waals surface area contributed by atoms with Crippen LogP contribution in [0.2, 0.25) is 0 Å². The normalized spacial score (nSPS) is 20.1. The quantitative estimate of drug-likeness (QED) is 0.806. The molecule has 15 heavy (non-hydrogen) atoms. The molecule has 0 spiro atoms. The largest absolute Gasteiger partial charge is 0.381 e. The molecular weight excluding hydrogens is 193 g/mol. The molecule has 1 aliphatic heterocycles. The Kier molecular flexibility index (Phi) is 3.03. The highest BCUT2D eigenvalue weighted by Crippen LogP contribution is 2.35. The fourth-order valence-corrected chi connectivity index (χ4v) is 2.24. The molecule has 1 saturated heterocycles. The molecule has 82 valence electrons. The lowest BCUT2D eigenvalue weighted by Gasteiger charge is -2.36. The van der Waals surface area contributed by atoms with Crippen molar-refractivity contribution in [2.45, 2.75) is 18.3 Å². The van der Waals surface area contributed by atoms with Crippen LogP contribution in [-0.2, 0) is 10.2 Å². The zero-order valence-corrected chi connectivity index (χ0v) is 8.71. The second kappa shape index (κ2) is 4.29. The first kappa shape index (κ1) is 10.6. The smallest absolute Gasteiger partial charge is 0.127 e. The molecule has 1 aromatic rings. The summed E-state index contributed by atoms with van der Waals surface area (Å²) in [4.78, 5) is 0. The molecule has 0 aliphatic carbocycles. The van der Waals surface area contributed by atoms with Gasteiger partial charge in [0, 0.05) is 25.2 Å². The standard InChI is InChI=1S/C12H16FNO/c13-11-4-2-1-3-10(11)12(9-14)5-7-15-8-6-12/h1-4H,5-9,14H2. The highest BCUT2D eigenvalue weighted by Gasteiger charge is 2.34. The topological polar surface area (TPSA) is 35.2 Å². The Morgan fingerprint density at radius 2 is 1.93 bits per heavy atom. The number of halogens is 1. The van der Waals surface area contributed by atoms with Crippen molar-refractivity contribution in [2.75, 3.05) is 19.8 Å². The maximum absolute atomic E-state index is 13.7. The van der Waals surface area contributed by atoms with Gasteiger partial charge in [-0.15, -0.1) is 0 Å². The molecule has 1 aliphatic rings. The predicted molar refractivity (Wildman–Crippen MR) is 57.2 cm³/mol. The van der Waals surface area contributed by atoms with Crippen molar-refractivity contribution in [1.82, 2.24) is 0 Å². The van der Waals surface area contributed by atoms with Crippen LogP contribution in [0.25, 0.3) is 0 Å². The van der Waals surface area contributed by atoms with E-state index < -0.39 is 0 Å². The monoisotopic (exact) mass is 209 g/mol. The SMILES string of the molecule is NCC1(c2ccccc2F)CCOCC1. The van der Waals surface area contributed by atoms with E-state index in [1.54, 1.807) is 6.07 Å². The third kappa shape index (κ3) is 1.90. The Morgan fingerprint density at radius 3 is 2.53 bits per heavy atom. The van der Waals surface area contributed by atoms with Crippen LogP contribution in [0.5, 0.6) is 0 Å². The molecule has 2 N–H and O–H groups in total. The van der Waals surface area contributed by atoms with E-state index in [-0.39, 0.29) is 11.2 Å². The number of hydrogen-bond acceptors (Lipinski definition) is 2. The zero-order valence-electron chi connectivity index (χ0n) is 8.71. The van der Waals surface area contributed by atoms with E-state index in [9.17, 15) is 4.39 Å². The first-order valence-electron chi connectivity index (χ1n) is 5.31. The number of ether oxygens (including phenoxy) is 1. The second-order valence-corrected chi connectivity index (χ2v) is 4.08. The predicted octanol–water partition coefficient (Wildman–Crippen LogP) is 1.83. The summed E-state index contributed by atoms with van der Waals surface area (Å²) in [6.07, 6.45) is 1.62. The van der Waals surface area contributed by atoms with Crippen LogP contribution in [0.4, 0.5) is 4.39 Å². The van der Waals surface area contributed by atoms with Crippen molar-refractivity contribution in [3.05, 3.63) is 35.6 Å². The van der Waals surface area contributed by atoms with Crippen LogP contribution in [-0.4, -0.2) is 19.8 Å². The van der Waals surface area contributed by atoms with Gasteiger partial charge in [-0.2, -0.15) is 0 Å². The summed E-state index contributed by atoms with van der Waals surface area (Å²) < 4.78 is 19.0. The Morgan fingerprint density at radius 1 is 1.27 bits per heavy atom. The lowest BCUT2D eigenvalue weighted by Crippen LogP contribution is -2.41. The van der Waals surface area contributed by atoms with E-state index in [0.717, 1.165) is 18.4 Å². The fraction of sp³-hybridized carbons (Fsp3) is 0.500. The first-order chi connectivity index (χ1) is 7.28. The molecule has 1 aromatic carbocycles. The van der Waals surface area contributed by atoms with Gasteiger partial charge in [0.1, 0.15) is 5.82 Å². The molecule has 1 fully saturated rings. The van der Waals surface area contributed by atoms with E-state index >= 15 is 0 Å². The van der Waals surface area contributed by atoms with Crippen molar-refractivity contribution >= 4 is 0 Å². The minimum absolute atomic E-state index is 0.148. The summed E-state index contributed by atoms with van der Waals surface area (Å²) in [6.45, 7) is 1.83. The summed E-state index contributed by atoms with van der Waals surface area (Å²) >= 11 is 0. The van der Waals surface area contributed by atoms with Gasteiger partial charge in [-0.25, -0.2) is 4.39 Å². The van der Waals surface area contributed by atoms with E-state index in [1.165, 1.54) is 6.07 Å². The van der Waals surface area contributed by atoms with Gasteiger partial charge in [0.15, 0.2) is 0 Å². The lowest BCUT2D eigenvalue weighted by molar-refractivity contribution is 0.0518. The van der Waals surface area contributed by atoms with Gasteiger partial charge in [0.2, 0.25) is 0 Å². The number of benzene rings is 1. The first-order valence-corrected chi connectivity index (χ1v) is 5.31. The fourth-order valence-electron chi connectivity index (χ4n) is 2.24. The van der Waals surface area contributed by atoms with E-state index in [0.29, 0.717) is 19.8 Å². The summed E-state index contributed by atoms with van der Waals surface area (Å²) in [6, 6.07) is 6.92. The van der Waals surface area contributed by atoms with Crippen LogP contribution in [0, 0.1) is 5.82 Å². The van der Waals surface area contributed by atoms with Gasteiger partial charge >= 0.3 is 0 Å². The van der Waals surface area contributed by atoms with Crippen molar-refractivity contribution in [3.63, 3.8) is 0 Å². The lowest BCUT2D eigenvalue weighted by atomic mass is 9.74. The minimum atomic E-state index is -0.219. The van der Waals surface area contributed by atoms with E-state index in [1.807, 2.05) is 12.1 Å². The highest BCUT2D eigenvalue weighted by molar-refractivity contribution is 5.28. The molecule has 0 atom stereocenters. The van der Waals surface area contributed by atoms with Crippen LogP contribution in [0.15, 0.2) is 24.3 Å². The third-order valence-electron chi connectivity index (χ3n) is 3.29. The maximum atomic E-state index is 13.7. The van der Waals surface area contributed by atoms with Gasteiger partial charge in [0.25, 0.3) is 0 Å². The number of hydrogen-bond donors (Lipinski definition) is 1. The third-order valence-corrected chi connectivity index (χ3v) is 3.29. The van der Waals surface area contributed by atoms with Crippen LogP contribution in [0.1, 0.15) is 18.4 Å². The summed E-state index contributed by atoms with van der Waals surface area (Å²) in [5.41, 5.74) is 6.34. The molecule has 2 nitrogen and oxygen atoms in total. The average molecular weight is 209 g/mol. The number of rotatable bonds is 2. The summed E-state index contributed by atoms with van der Waals surface area (Å²) in [5.74, 6) is -0.148. The Bertz CT molecular complexity index is 334. The van der Waals surface area contributed by atoms with Gasteiger partial charge in [-0.05, 0) is 24.5 Å². The van der Waals surface area contributed by atoms with Crippen molar-refractivity contribution in [1.29, 1.82) is 0 Å². The van der Waals surface area contributed by atoms with E-state index in [4.69, 9.17) is 10.5 Å². The highest BCUT2D eigenvalue weighted by atomic mass is 19.1. The molecule has 0 saturated carbocycles. The molecule has 0 radical (unpaired) electrons. The van der Waals surface area contributed by atoms with Crippen LogP contribution < -0.4 is 5.73 Å². The van der Waals surface area contributed by atoms with Crippen molar-refractivity contribution < 1.29 is 9.13 Å². The Labute approximate surface area is 89.2 Å².